The summed E-state index contributed by atoms with van der Waals surface area (Å²) >= 11 is 0. The van der Waals surface area contributed by atoms with Crippen LogP contribution in [0.4, 0.5) is 0 Å². The Labute approximate surface area is 135 Å². The van der Waals surface area contributed by atoms with Crippen LogP contribution in [0.15, 0.2) is 0 Å². The standard InChI is InChI=1S/C18H32N2O2/c1-4-9-19-10-12-20(13-11-19)18(22)16-7-5-15(6-8-16)17(21)14(2)3/h14-16H,4-13H2,1-3H3. The number of amides is 1. The normalized spacial score (nSPS) is 27.2. The van der Waals surface area contributed by atoms with Gasteiger partial charge < -0.3 is 4.90 Å². The van der Waals surface area contributed by atoms with E-state index in [2.05, 4.69) is 16.7 Å². The molecule has 0 spiro atoms. The largest absolute Gasteiger partial charge is 0.340 e. The van der Waals surface area contributed by atoms with Crippen molar-refractivity contribution in [3.8, 4) is 0 Å². The Morgan fingerprint density at radius 3 is 2.00 bits per heavy atom. The van der Waals surface area contributed by atoms with Gasteiger partial charge in [-0.2, -0.15) is 0 Å². The summed E-state index contributed by atoms with van der Waals surface area (Å²) in [6.07, 6.45) is 4.79. The molecule has 0 aromatic carbocycles. The monoisotopic (exact) mass is 308 g/mol. The molecule has 126 valence electrons. The number of Topliss-reactive ketones (excluding diaryl/α,β-unsaturated/α-hetero) is 1. The summed E-state index contributed by atoms with van der Waals surface area (Å²) in [6, 6.07) is 0. The van der Waals surface area contributed by atoms with Gasteiger partial charge in [0.2, 0.25) is 5.91 Å². The van der Waals surface area contributed by atoms with E-state index < -0.39 is 0 Å². The average molecular weight is 308 g/mol. The van der Waals surface area contributed by atoms with Crippen molar-refractivity contribution in [2.75, 3.05) is 32.7 Å². The van der Waals surface area contributed by atoms with E-state index in [9.17, 15) is 9.59 Å². The average Bonchev–Trinajstić information content (AvgIpc) is 2.54. The van der Waals surface area contributed by atoms with Crippen LogP contribution in [0.3, 0.4) is 0 Å². The number of carbonyl (C=O) groups excluding carboxylic acids is 2. The Balaban J connectivity index is 1.77. The van der Waals surface area contributed by atoms with Gasteiger partial charge in [0.05, 0.1) is 0 Å². The molecular weight excluding hydrogens is 276 g/mol. The molecule has 0 aromatic heterocycles. The Morgan fingerprint density at radius 1 is 0.955 bits per heavy atom. The predicted molar refractivity (Wildman–Crippen MR) is 88.6 cm³/mol. The van der Waals surface area contributed by atoms with Gasteiger partial charge in [-0.15, -0.1) is 0 Å². The molecule has 1 amide bonds. The van der Waals surface area contributed by atoms with Gasteiger partial charge in [0.1, 0.15) is 5.78 Å². The minimum atomic E-state index is 0.129. The number of nitrogens with zero attached hydrogens (tertiary/aromatic N) is 2. The van der Waals surface area contributed by atoms with E-state index >= 15 is 0 Å². The third-order valence-electron chi connectivity index (χ3n) is 5.27. The van der Waals surface area contributed by atoms with Gasteiger partial charge >= 0.3 is 0 Å². The smallest absolute Gasteiger partial charge is 0.225 e. The summed E-state index contributed by atoms with van der Waals surface area (Å²) in [7, 11) is 0. The van der Waals surface area contributed by atoms with Gasteiger partial charge in [-0.3, -0.25) is 14.5 Å². The maximum atomic E-state index is 12.7. The van der Waals surface area contributed by atoms with E-state index in [-0.39, 0.29) is 17.8 Å². The van der Waals surface area contributed by atoms with E-state index in [4.69, 9.17) is 0 Å². The van der Waals surface area contributed by atoms with Crippen LogP contribution < -0.4 is 0 Å². The molecule has 0 N–H and O–H groups in total. The molecule has 0 atom stereocenters. The molecule has 0 bridgehead atoms. The molecule has 2 aliphatic rings. The summed E-state index contributed by atoms with van der Waals surface area (Å²) in [4.78, 5) is 29.2. The van der Waals surface area contributed by atoms with Crippen LogP contribution in [0.1, 0.15) is 52.9 Å². The number of hydrogen-bond donors (Lipinski definition) is 0. The molecule has 4 heteroatoms. The number of ketones is 1. The molecule has 2 rings (SSSR count). The van der Waals surface area contributed by atoms with Crippen LogP contribution >= 0.6 is 0 Å². The summed E-state index contributed by atoms with van der Waals surface area (Å²) in [5.74, 6) is 1.22. The fraction of sp³-hybridized carbons (Fsp3) is 0.889. The molecule has 0 unspecified atom stereocenters. The zero-order valence-corrected chi connectivity index (χ0v) is 14.5. The first kappa shape index (κ1) is 17.5. The maximum Gasteiger partial charge on any atom is 0.225 e. The third kappa shape index (κ3) is 4.31. The minimum Gasteiger partial charge on any atom is -0.340 e. The van der Waals surface area contributed by atoms with Gasteiger partial charge in [0.15, 0.2) is 0 Å². The number of rotatable bonds is 5. The van der Waals surface area contributed by atoms with Crippen LogP contribution in [0.2, 0.25) is 0 Å². The molecule has 1 aliphatic carbocycles. The van der Waals surface area contributed by atoms with Crippen LogP contribution in [0, 0.1) is 17.8 Å². The lowest BCUT2D eigenvalue weighted by Gasteiger charge is -2.37. The highest BCUT2D eigenvalue weighted by molar-refractivity contribution is 5.83. The molecule has 1 saturated carbocycles. The van der Waals surface area contributed by atoms with Crippen molar-refractivity contribution >= 4 is 11.7 Å². The molecule has 0 aromatic rings. The zero-order valence-electron chi connectivity index (χ0n) is 14.5. The number of piperazine rings is 1. The molecule has 22 heavy (non-hydrogen) atoms. The minimum absolute atomic E-state index is 0.129. The quantitative estimate of drug-likeness (QED) is 0.784. The Hall–Kier alpha value is -0.900. The van der Waals surface area contributed by atoms with E-state index in [0.717, 1.165) is 58.4 Å². The van der Waals surface area contributed by atoms with Gasteiger partial charge in [0.25, 0.3) is 0 Å². The third-order valence-corrected chi connectivity index (χ3v) is 5.27. The lowest BCUT2D eigenvalue weighted by Crippen LogP contribution is -2.50. The van der Waals surface area contributed by atoms with Crippen molar-refractivity contribution in [3.05, 3.63) is 0 Å². The molecule has 1 heterocycles. The molecule has 1 saturated heterocycles. The molecule has 2 fully saturated rings. The van der Waals surface area contributed by atoms with Gasteiger partial charge in [-0.1, -0.05) is 20.8 Å². The van der Waals surface area contributed by atoms with Crippen molar-refractivity contribution in [2.24, 2.45) is 17.8 Å². The lowest BCUT2D eigenvalue weighted by molar-refractivity contribution is -0.140. The van der Waals surface area contributed by atoms with Crippen molar-refractivity contribution in [1.29, 1.82) is 0 Å². The van der Waals surface area contributed by atoms with E-state index in [1.165, 1.54) is 6.42 Å². The fourth-order valence-corrected chi connectivity index (χ4v) is 3.86. The first-order valence-corrected chi connectivity index (χ1v) is 9.07. The van der Waals surface area contributed by atoms with Crippen LogP contribution in [0.5, 0.6) is 0 Å². The lowest BCUT2D eigenvalue weighted by atomic mass is 9.77. The summed E-state index contributed by atoms with van der Waals surface area (Å²) < 4.78 is 0. The van der Waals surface area contributed by atoms with Crippen molar-refractivity contribution in [1.82, 2.24) is 9.80 Å². The molecule has 4 nitrogen and oxygen atoms in total. The number of carbonyl (C=O) groups is 2. The topological polar surface area (TPSA) is 40.6 Å². The second-order valence-corrected chi connectivity index (χ2v) is 7.27. The summed E-state index contributed by atoms with van der Waals surface area (Å²) in [6.45, 7) is 11.1. The van der Waals surface area contributed by atoms with E-state index in [0.29, 0.717) is 11.7 Å². The van der Waals surface area contributed by atoms with Crippen molar-refractivity contribution in [3.63, 3.8) is 0 Å². The number of hydrogen-bond acceptors (Lipinski definition) is 3. The first-order chi connectivity index (χ1) is 10.5. The van der Waals surface area contributed by atoms with Crippen LogP contribution in [-0.2, 0) is 9.59 Å². The van der Waals surface area contributed by atoms with Crippen LogP contribution in [0.25, 0.3) is 0 Å². The Kier molecular flexibility index (Phi) is 6.42. The second-order valence-electron chi connectivity index (χ2n) is 7.27. The van der Waals surface area contributed by atoms with Crippen molar-refractivity contribution in [2.45, 2.75) is 52.9 Å². The predicted octanol–water partition coefficient (Wildman–Crippen LogP) is 2.57. The van der Waals surface area contributed by atoms with Gasteiger partial charge in [-0.25, -0.2) is 0 Å². The molecule has 1 aliphatic heterocycles. The second kappa shape index (κ2) is 8.09. The molecule has 0 radical (unpaired) electrons. The summed E-state index contributed by atoms with van der Waals surface area (Å²) in [5.41, 5.74) is 0. The Morgan fingerprint density at radius 2 is 1.50 bits per heavy atom. The van der Waals surface area contributed by atoms with E-state index in [1.807, 2.05) is 13.8 Å². The van der Waals surface area contributed by atoms with Gasteiger partial charge in [0, 0.05) is 43.9 Å². The highest BCUT2D eigenvalue weighted by Gasteiger charge is 2.33. The summed E-state index contributed by atoms with van der Waals surface area (Å²) in [5, 5.41) is 0. The van der Waals surface area contributed by atoms with E-state index in [1.54, 1.807) is 0 Å². The maximum absolute atomic E-state index is 12.7. The zero-order chi connectivity index (χ0) is 16.1. The Bertz CT molecular complexity index is 379. The van der Waals surface area contributed by atoms with Crippen LogP contribution in [-0.4, -0.2) is 54.2 Å². The SMILES string of the molecule is CCCN1CCN(C(=O)C2CCC(C(=O)C(C)C)CC2)CC1. The highest BCUT2D eigenvalue weighted by atomic mass is 16.2. The molecular formula is C18H32N2O2. The van der Waals surface area contributed by atoms with Gasteiger partial charge in [-0.05, 0) is 38.6 Å². The first-order valence-electron chi connectivity index (χ1n) is 9.07. The fourth-order valence-electron chi connectivity index (χ4n) is 3.86. The van der Waals surface area contributed by atoms with Crippen molar-refractivity contribution < 1.29 is 9.59 Å². The highest BCUT2D eigenvalue weighted by Crippen LogP contribution is 2.32.